The lowest BCUT2D eigenvalue weighted by Crippen LogP contribution is -2.15. The number of allylic oxidation sites excluding steroid dienone is 1. The van der Waals surface area contributed by atoms with E-state index in [1.54, 1.807) is 25.3 Å². The Morgan fingerprint density at radius 3 is 2.74 bits per heavy atom. The lowest BCUT2D eigenvalue weighted by atomic mass is 10.1. The largest absolute Gasteiger partial charge is 0.497 e. The van der Waals surface area contributed by atoms with Crippen molar-refractivity contribution in [3.63, 3.8) is 0 Å². The molecule has 0 spiro atoms. The van der Waals surface area contributed by atoms with Gasteiger partial charge in [-0.25, -0.2) is 4.39 Å². The highest BCUT2D eigenvalue weighted by atomic mass is 32.2. The third kappa shape index (κ3) is 6.68. The van der Waals surface area contributed by atoms with E-state index in [9.17, 15) is 9.18 Å². The van der Waals surface area contributed by atoms with E-state index in [0.29, 0.717) is 17.4 Å². The van der Waals surface area contributed by atoms with Gasteiger partial charge >= 0.3 is 0 Å². The Morgan fingerprint density at radius 2 is 2.03 bits per heavy atom. The van der Waals surface area contributed by atoms with Crippen molar-refractivity contribution in [2.75, 3.05) is 18.2 Å². The molecule has 31 heavy (non-hydrogen) atoms. The fourth-order valence-corrected chi connectivity index (χ4v) is 3.83. The highest BCUT2D eigenvalue weighted by Crippen LogP contribution is 2.20. The Bertz CT molecular complexity index is 1020. The van der Waals surface area contributed by atoms with Crippen molar-refractivity contribution in [2.24, 2.45) is 0 Å². The van der Waals surface area contributed by atoms with Crippen LogP contribution in [0.2, 0.25) is 0 Å². The van der Waals surface area contributed by atoms with Crippen LogP contribution in [-0.2, 0) is 24.2 Å². The van der Waals surface area contributed by atoms with Crippen molar-refractivity contribution in [3.8, 4) is 5.75 Å². The summed E-state index contributed by atoms with van der Waals surface area (Å²) in [7, 11) is 1.65. The molecule has 0 fully saturated rings. The topological polar surface area (TPSA) is 69.0 Å². The van der Waals surface area contributed by atoms with E-state index in [1.807, 2.05) is 16.7 Å². The second kappa shape index (κ2) is 11.3. The molecule has 1 heterocycles. The fourth-order valence-electron chi connectivity index (χ4n) is 3.06. The molecule has 0 bridgehead atoms. The average molecular weight is 441 g/mol. The number of benzene rings is 2. The molecule has 0 saturated heterocycles. The number of aromatic nitrogens is 3. The van der Waals surface area contributed by atoms with Crippen LogP contribution in [0.4, 0.5) is 10.1 Å². The number of carbonyl (C=O) groups is 1. The van der Waals surface area contributed by atoms with Crippen LogP contribution in [0.25, 0.3) is 0 Å². The van der Waals surface area contributed by atoms with Gasteiger partial charge in [0, 0.05) is 18.7 Å². The molecule has 8 heteroatoms. The van der Waals surface area contributed by atoms with Crippen LogP contribution in [0.5, 0.6) is 5.75 Å². The molecule has 3 rings (SSSR count). The first kappa shape index (κ1) is 22.6. The number of aryl methyl sites for hydroxylation is 2. The van der Waals surface area contributed by atoms with Gasteiger partial charge in [0.25, 0.3) is 0 Å². The second-order valence-electron chi connectivity index (χ2n) is 6.85. The Kier molecular flexibility index (Phi) is 8.23. The number of nitrogens with zero attached hydrogens (tertiary/aromatic N) is 3. The zero-order chi connectivity index (χ0) is 22.1. The zero-order valence-corrected chi connectivity index (χ0v) is 18.2. The Labute approximate surface area is 185 Å². The number of rotatable bonds is 11. The number of ether oxygens (including phenoxy) is 1. The molecule has 1 aromatic heterocycles. The van der Waals surface area contributed by atoms with E-state index in [4.69, 9.17) is 4.74 Å². The number of halogens is 1. The van der Waals surface area contributed by atoms with Gasteiger partial charge in [-0.3, -0.25) is 4.79 Å². The minimum absolute atomic E-state index is 0.150. The Morgan fingerprint density at radius 1 is 1.23 bits per heavy atom. The molecule has 3 aromatic rings. The molecule has 6 nitrogen and oxygen atoms in total. The van der Waals surface area contributed by atoms with Gasteiger partial charge in [0.15, 0.2) is 5.16 Å². The van der Waals surface area contributed by atoms with Crippen molar-refractivity contribution in [3.05, 3.63) is 78.4 Å². The van der Waals surface area contributed by atoms with Gasteiger partial charge in [-0.05, 0) is 48.7 Å². The number of amides is 1. The summed E-state index contributed by atoms with van der Waals surface area (Å²) in [6.45, 7) is 4.38. The number of methoxy groups -OCH3 is 1. The molecule has 0 aliphatic carbocycles. The normalized spacial score (nSPS) is 10.6. The molecule has 0 aliphatic heterocycles. The fraction of sp³-hybridized carbons (Fsp3) is 0.261. The first-order valence-electron chi connectivity index (χ1n) is 9.93. The van der Waals surface area contributed by atoms with Gasteiger partial charge in [-0.2, -0.15) is 0 Å². The van der Waals surface area contributed by atoms with Crippen LogP contribution >= 0.6 is 11.8 Å². The molecule has 0 aliphatic rings. The lowest BCUT2D eigenvalue weighted by Gasteiger charge is -2.08. The van der Waals surface area contributed by atoms with E-state index in [2.05, 4.69) is 34.2 Å². The lowest BCUT2D eigenvalue weighted by molar-refractivity contribution is -0.113. The first-order chi connectivity index (χ1) is 15.1. The van der Waals surface area contributed by atoms with Crippen LogP contribution in [-0.4, -0.2) is 33.5 Å². The summed E-state index contributed by atoms with van der Waals surface area (Å²) < 4.78 is 20.4. The summed E-state index contributed by atoms with van der Waals surface area (Å²) in [4.78, 5) is 12.2. The van der Waals surface area contributed by atoms with Gasteiger partial charge in [0.05, 0.1) is 12.9 Å². The average Bonchev–Trinajstić information content (AvgIpc) is 3.14. The molecule has 0 atom stereocenters. The maximum Gasteiger partial charge on any atom is 0.234 e. The summed E-state index contributed by atoms with van der Waals surface area (Å²) in [6.07, 6.45) is 4.39. The molecule has 0 saturated carbocycles. The smallest absolute Gasteiger partial charge is 0.234 e. The molecular weight excluding hydrogens is 415 g/mol. The summed E-state index contributed by atoms with van der Waals surface area (Å²) in [5.41, 5.74) is 1.66. The molecule has 0 unspecified atom stereocenters. The van der Waals surface area contributed by atoms with Crippen molar-refractivity contribution in [1.29, 1.82) is 0 Å². The minimum Gasteiger partial charge on any atom is -0.497 e. The number of hydrogen-bond donors (Lipinski definition) is 1. The van der Waals surface area contributed by atoms with Crippen LogP contribution in [0, 0.1) is 5.82 Å². The monoisotopic (exact) mass is 440 g/mol. The van der Waals surface area contributed by atoms with Crippen molar-refractivity contribution in [1.82, 2.24) is 14.8 Å². The predicted octanol–water partition coefficient (Wildman–Crippen LogP) is 4.52. The molecule has 2 aromatic carbocycles. The maximum absolute atomic E-state index is 13.3. The SMILES string of the molecule is C=CCn1c(CCCc2ccc(OC)cc2)nnc1SCC(=O)Nc1cccc(F)c1. The quantitative estimate of drug-likeness (QED) is 0.351. The molecule has 1 amide bonds. The maximum atomic E-state index is 13.3. The summed E-state index contributed by atoms with van der Waals surface area (Å²) >= 11 is 1.30. The van der Waals surface area contributed by atoms with Crippen molar-refractivity contribution < 1.29 is 13.9 Å². The van der Waals surface area contributed by atoms with Gasteiger partial charge in [-0.1, -0.05) is 36.0 Å². The highest BCUT2D eigenvalue weighted by Gasteiger charge is 2.14. The van der Waals surface area contributed by atoms with Crippen LogP contribution in [0.1, 0.15) is 17.8 Å². The number of hydrogen-bond acceptors (Lipinski definition) is 5. The van der Waals surface area contributed by atoms with E-state index in [-0.39, 0.29) is 11.7 Å². The third-order valence-corrected chi connectivity index (χ3v) is 5.54. The minimum atomic E-state index is -0.393. The molecule has 0 radical (unpaired) electrons. The summed E-state index contributed by atoms with van der Waals surface area (Å²) in [5, 5.41) is 11.9. The number of carbonyl (C=O) groups excluding carboxylic acids is 1. The van der Waals surface area contributed by atoms with E-state index < -0.39 is 5.82 Å². The van der Waals surface area contributed by atoms with E-state index in [0.717, 1.165) is 30.8 Å². The van der Waals surface area contributed by atoms with Crippen molar-refractivity contribution >= 4 is 23.4 Å². The van der Waals surface area contributed by atoms with Gasteiger partial charge < -0.3 is 14.6 Å². The van der Waals surface area contributed by atoms with Crippen LogP contribution in [0.15, 0.2) is 66.3 Å². The summed E-state index contributed by atoms with van der Waals surface area (Å²) in [5.74, 6) is 1.23. The standard InChI is InChI=1S/C23H25FN4O2S/c1-3-14-28-21(9-4-6-17-10-12-20(30-2)13-11-17)26-27-23(28)31-16-22(29)25-19-8-5-7-18(24)15-19/h3,5,7-8,10-13,15H,1,4,6,9,14,16H2,2H3,(H,25,29). The second-order valence-corrected chi connectivity index (χ2v) is 7.79. The first-order valence-corrected chi connectivity index (χ1v) is 10.9. The zero-order valence-electron chi connectivity index (χ0n) is 17.4. The van der Waals surface area contributed by atoms with Gasteiger partial charge in [-0.15, -0.1) is 16.8 Å². The van der Waals surface area contributed by atoms with Crippen LogP contribution in [0.3, 0.4) is 0 Å². The van der Waals surface area contributed by atoms with Gasteiger partial charge in [0.2, 0.25) is 5.91 Å². The van der Waals surface area contributed by atoms with Gasteiger partial charge in [0.1, 0.15) is 17.4 Å². The highest BCUT2D eigenvalue weighted by molar-refractivity contribution is 7.99. The molecule has 162 valence electrons. The number of nitrogens with one attached hydrogen (secondary N) is 1. The number of thioether (sulfide) groups is 1. The summed E-state index contributed by atoms with van der Waals surface area (Å²) in [6, 6.07) is 13.8. The Hall–Kier alpha value is -3.13. The van der Waals surface area contributed by atoms with Crippen molar-refractivity contribution in [2.45, 2.75) is 31.0 Å². The predicted molar refractivity (Wildman–Crippen MR) is 121 cm³/mol. The Balaban J connectivity index is 1.55. The van der Waals surface area contributed by atoms with E-state index in [1.165, 1.54) is 29.5 Å². The van der Waals surface area contributed by atoms with E-state index >= 15 is 0 Å². The molecular formula is C23H25FN4O2S. The van der Waals surface area contributed by atoms with Crippen LogP contribution < -0.4 is 10.1 Å². The molecule has 1 N–H and O–H groups in total. The third-order valence-electron chi connectivity index (χ3n) is 4.57. The number of anilines is 1.